The summed E-state index contributed by atoms with van der Waals surface area (Å²) < 4.78 is 65.5. The van der Waals surface area contributed by atoms with Gasteiger partial charge in [0.1, 0.15) is 15.7 Å². The SMILES string of the molecule is CS(=O)(=O)CCNc1nonc1C(=N)N(O)c1ccc(F)c(C(F)F)c1. The molecule has 0 fully saturated rings. The molecule has 3 N–H and O–H groups in total. The quantitative estimate of drug-likeness (QED) is 0.369. The predicted octanol–water partition coefficient (Wildman–Crippen LogP) is 1.82. The Labute approximate surface area is 145 Å². The molecule has 26 heavy (non-hydrogen) atoms. The van der Waals surface area contributed by atoms with Crippen molar-refractivity contribution in [2.45, 2.75) is 6.43 Å². The molecule has 0 unspecified atom stereocenters. The molecule has 1 aromatic carbocycles. The number of amidine groups is 1. The van der Waals surface area contributed by atoms with E-state index in [0.29, 0.717) is 6.07 Å². The lowest BCUT2D eigenvalue weighted by atomic mass is 10.2. The number of alkyl halides is 2. The first kappa shape index (κ1) is 19.7. The van der Waals surface area contributed by atoms with Crippen molar-refractivity contribution in [3.8, 4) is 0 Å². The van der Waals surface area contributed by atoms with Crippen LogP contribution in [0, 0.1) is 11.2 Å². The third-order valence-electron chi connectivity index (χ3n) is 3.15. The molecule has 0 saturated carbocycles. The van der Waals surface area contributed by atoms with E-state index >= 15 is 0 Å². The molecule has 2 aromatic rings. The van der Waals surface area contributed by atoms with Crippen LogP contribution in [-0.4, -0.2) is 48.3 Å². The molecule has 142 valence electrons. The first-order valence-corrected chi connectivity index (χ1v) is 9.06. The van der Waals surface area contributed by atoms with Crippen molar-refractivity contribution in [3.63, 3.8) is 0 Å². The van der Waals surface area contributed by atoms with Gasteiger partial charge in [0.15, 0.2) is 11.5 Å². The highest BCUT2D eigenvalue weighted by atomic mass is 32.2. The van der Waals surface area contributed by atoms with Gasteiger partial charge in [0.05, 0.1) is 17.0 Å². The van der Waals surface area contributed by atoms with Gasteiger partial charge in [-0.15, -0.1) is 0 Å². The Morgan fingerprint density at radius 3 is 2.73 bits per heavy atom. The second-order valence-electron chi connectivity index (χ2n) is 5.19. The van der Waals surface area contributed by atoms with E-state index < -0.39 is 33.5 Å². The Bertz CT molecular complexity index is 903. The van der Waals surface area contributed by atoms with Gasteiger partial charge in [0, 0.05) is 12.8 Å². The van der Waals surface area contributed by atoms with E-state index in [1.165, 1.54) is 0 Å². The second-order valence-corrected chi connectivity index (χ2v) is 7.44. The molecule has 1 aromatic heterocycles. The van der Waals surface area contributed by atoms with Crippen molar-refractivity contribution in [1.82, 2.24) is 10.3 Å². The number of anilines is 2. The first-order chi connectivity index (χ1) is 12.1. The lowest BCUT2D eigenvalue weighted by Crippen LogP contribution is -2.28. The smallest absolute Gasteiger partial charge is 0.266 e. The van der Waals surface area contributed by atoms with Crippen LogP contribution in [0.3, 0.4) is 0 Å². The molecule has 0 spiro atoms. The molecule has 0 saturated heterocycles. The van der Waals surface area contributed by atoms with Crippen molar-refractivity contribution in [2.75, 3.05) is 28.9 Å². The molecule has 0 aliphatic rings. The van der Waals surface area contributed by atoms with E-state index in [2.05, 4.69) is 20.3 Å². The average Bonchev–Trinajstić information content (AvgIpc) is 3.01. The zero-order valence-electron chi connectivity index (χ0n) is 13.3. The van der Waals surface area contributed by atoms with Crippen molar-refractivity contribution >= 4 is 27.2 Å². The molecular weight excluding hydrogens is 379 g/mol. The zero-order chi connectivity index (χ0) is 19.5. The van der Waals surface area contributed by atoms with Crippen molar-refractivity contribution in [1.29, 1.82) is 5.41 Å². The molecule has 0 bridgehead atoms. The zero-order valence-corrected chi connectivity index (χ0v) is 14.1. The topological polar surface area (TPSA) is 132 Å². The van der Waals surface area contributed by atoms with Crippen molar-refractivity contribution in [3.05, 3.63) is 35.3 Å². The van der Waals surface area contributed by atoms with Crippen molar-refractivity contribution < 1.29 is 31.4 Å². The minimum atomic E-state index is -3.25. The Kier molecular flexibility index (Phi) is 5.82. The Morgan fingerprint density at radius 1 is 1.42 bits per heavy atom. The van der Waals surface area contributed by atoms with Crippen LogP contribution in [0.25, 0.3) is 0 Å². The van der Waals surface area contributed by atoms with Gasteiger partial charge in [-0.05, 0) is 28.5 Å². The molecule has 9 nitrogen and oxygen atoms in total. The largest absolute Gasteiger partial charge is 0.364 e. The Hall–Kier alpha value is -2.67. The molecule has 0 atom stereocenters. The highest BCUT2D eigenvalue weighted by Crippen LogP contribution is 2.27. The summed E-state index contributed by atoms with van der Waals surface area (Å²) in [6.07, 6.45) is -2.08. The summed E-state index contributed by atoms with van der Waals surface area (Å²) in [5.74, 6) is -2.23. The number of nitrogens with zero attached hydrogens (tertiary/aromatic N) is 3. The summed E-state index contributed by atoms with van der Waals surface area (Å²) in [6, 6.07) is 2.39. The minimum absolute atomic E-state index is 0.0646. The van der Waals surface area contributed by atoms with E-state index in [9.17, 15) is 26.8 Å². The first-order valence-electron chi connectivity index (χ1n) is 7.00. The molecular formula is C13H14F3N5O4S. The van der Waals surface area contributed by atoms with Crippen LogP contribution in [0.1, 0.15) is 17.7 Å². The van der Waals surface area contributed by atoms with Gasteiger partial charge in [-0.1, -0.05) is 0 Å². The maximum atomic E-state index is 13.3. The summed E-state index contributed by atoms with van der Waals surface area (Å²) in [4.78, 5) is 0. The Morgan fingerprint density at radius 2 is 2.12 bits per heavy atom. The number of sulfone groups is 1. The molecule has 1 heterocycles. The van der Waals surface area contributed by atoms with E-state index in [1.807, 2.05) is 0 Å². The van der Waals surface area contributed by atoms with Gasteiger partial charge in [-0.25, -0.2) is 31.3 Å². The minimum Gasteiger partial charge on any atom is -0.364 e. The van der Waals surface area contributed by atoms with Gasteiger partial charge < -0.3 is 5.32 Å². The number of hydroxylamine groups is 1. The van der Waals surface area contributed by atoms with Crippen molar-refractivity contribution in [2.24, 2.45) is 0 Å². The maximum Gasteiger partial charge on any atom is 0.266 e. The van der Waals surface area contributed by atoms with E-state index in [-0.39, 0.29) is 34.6 Å². The number of nitrogens with one attached hydrogen (secondary N) is 2. The third kappa shape index (κ3) is 4.70. The highest BCUT2D eigenvalue weighted by Gasteiger charge is 2.23. The van der Waals surface area contributed by atoms with E-state index in [1.54, 1.807) is 0 Å². The number of benzene rings is 1. The molecule has 0 aliphatic heterocycles. The number of rotatable bonds is 7. The van der Waals surface area contributed by atoms with Crippen LogP contribution < -0.4 is 10.4 Å². The lowest BCUT2D eigenvalue weighted by Gasteiger charge is -2.17. The summed E-state index contributed by atoms with van der Waals surface area (Å²) in [5, 5.41) is 27.5. The monoisotopic (exact) mass is 393 g/mol. The summed E-state index contributed by atoms with van der Waals surface area (Å²) >= 11 is 0. The maximum absolute atomic E-state index is 13.3. The van der Waals surface area contributed by atoms with Gasteiger partial charge in [-0.2, -0.15) is 0 Å². The standard InChI is InChI=1S/C13H14F3N5O4S/c1-26(23,24)5-4-18-13-10(19-25-20-13)12(17)21(22)7-2-3-9(14)8(6-7)11(15)16/h2-3,6,11,17,22H,4-5H2,1H3,(H,18,20). The summed E-state index contributed by atoms with van der Waals surface area (Å²) in [7, 11) is -3.25. The van der Waals surface area contributed by atoms with Gasteiger partial charge in [-0.3, -0.25) is 10.6 Å². The fraction of sp³-hybridized carbons (Fsp3) is 0.308. The highest BCUT2D eigenvalue weighted by molar-refractivity contribution is 7.90. The van der Waals surface area contributed by atoms with Crippen LogP contribution in [0.4, 0.5) is 24.7 Å². The van der Waals surface area contributed by atoms with Crippen LogP contribution in [0.15, 0.2) is 22.8 Å². The number of halogens is 3. The third-order valence-corrected chi connectivity index (χ3v) is 4.09. The molecule has 0 amide bonds. The second kappa shape index (κ2) is 7.70. The van der Waals surface area contributed by atoms with Crippen LogP contribution in [0.5, 0.6) is 0 Å². The van der Waals surface area contributed by atoms with E-state index in [0.717, 1.165) is 18.4 Å². The van der Waals surface area contributed by atoms with Gasteiger partial charge >= 0.3 is 0 Å². The van der Waals surface area contributed by atoms with Gasteiger partial charge in [0.25, 0.3) is 6.43 Å². The molecule has 2 rings (SSSR count). The molecule has 0 radical (unpaired) electrons. The Balaban J connectivity index is 2.19. The van der Waals surface area contributed by atoms with Gasteiger partial charge in [0.2, 0.25) is 5.82 Å². The van der Waals surface area contributed by atoms with Crippen LogP contribution in [-0.2, 0) is 9.84 Å². The number of hydrogen-bond acceptors (Lipinski definition) is 8. The average molecular weight is 393 g/mol. The predicted molar refractivity (Wildman–Crippen MR) is 84.9 cm³/mol. The fourth-order valence-corrected chi connectivity index (χ4v) is 2.35. The molecule has 0 aliphatic carbocycles. The number of aromatic nitrogens is 2. The van der Waals surface area contributed by atoms with E-state index in [4.69, 9.17) is 5.41 Å². The van der Waals surface area contributed by atoms with Crippen LogP contribution in [0.2, 0.25) is 0 Å². The summed E-state index contributed by atoms with van der Waals surface area (Å²) in [6.45, 7) is -0.0646. The normalized spacial score (nSPS) is 11.6. The molecule has 13 heteroatoms. The number of hydrogen-bond donors (Lipinski definition) is 3. The van der Waals surface area contributed by atoms with Crippen LogP contribution >= 0.6 is 0 Å². The fourth-order valence-electron chi connectivity index (χ4n) is 1.87. The lowest BCUT2D eigenvalue weighted by molar-refractivity contribution is 0.146. The summed E-state index contributed by atoms with van der Waals surface area (Å²) in [5.41, 5.74) is -1.56.